The maximum absolute atomic E-state index is 11.3. The summed E-state index contributed by atoms with van der Waals surface area (Å²) in [6, 6.07) is -0.869. The van der Waals surface area contributed by atoms with E-state index in [9.17, 15) is 19.2 Å². The largest absolute Gasteiger partial charge is 0.465 e. The topological polar surface area (TPSA) is 132 Å². The van der Waals surface area contributed by atoms with E-state index in [0.717, 1.165) is 0 Å². The minimum absolute atomic E-state index is 0.0140. The van der Waals surface area contributed by atoms with Crippen molar-refractivity contribution >= 4 is 24.1 Å². The summed E-state index contributed by atoms with van der Waals surface area (Å²) >= 11 is 0. The molecule has 23 heavy (non-hydrogen) atoms. The third-order valence-corrected chi connectivity index (χ3v) is 1.95. The van der Waals surface area contributed by atoms with E-state index in [4.69, 9.17) is 4.74 Å². The third-order valence-electron chi connectivity index (χ3n) is 1.95. The van der Waals surface area contributed by atoms with Crippen molar-refractivity contribution in [2.45, 2.75) is 39.7 Å². The van der Waals surface area contributed by atoms with Gasteiger partial charge in [0.1, 0.15) is 12.1 Å². The highest BCUT2D eigenvalue weighted by molar-refractivity contribution is 5.81. The second kappa shape index (κ2) is 10.2. The van der Waals surface area contributed by atoms with Crippen LogP contribution >= 0.6 is 0 Å². The molecule has 0 aliphatic carbocycles. The van der Waals surface area contributed by atoms with Crippen molar-refractivity contribution < 1.29 is 33.5 Å². The van der Waals surface area contributed by atoms with E-state index in [1.807, 2.05) is 0 Å². The van der Waals surface area contributed by atoms with E-state index in [-0.39, 0.29) is 26.1 Å². The van der Waals surface area contributed by atoms with E-state index >= 15 is 0 Å². The molecule has 0 radical (unpaired) electrons. The Kier molecular flexibility index (Phi) is 9.12. The van der Waals surface area contributed by atoms with E-state index in [1.54, 1.807) is 33.2 Å². The Balaban J connectivity index is 3.76. The van der Waals surface area contributed by atoms with E-state index < -0.39 is 29.7 Å². The molecular formula is C13H23N3O7. The number of amides is 3. The normalized spacial score (nSPS) is 10.3. The Hall–Kier alpha value is -2.52. The van der Waals surface area contributed by atoms with Crippen LogP contribution < -0.4 is 16.1 Å². The Labute approximate surface area is 134 Å². The molecule has 0 aromatic rings. The number of rotatable bonds is 6. The molecular weight excluding hydrogens is 310 g/mol. The molecule has 10 heteroatoms. The van der Waals surface area contributed by atoms with Gasteiger partial charge < -0.3 is 24.9 Å². The number of alkyl carbamates (subject to hydrolysis) is 1. The predicted octanol–water partition coefficient (Wildman–Crippen LogP) is 0.222. The highest BCUT2D eigenvalue weighted by atomic mass is 16.7. The fourth-order valence-electron chi connectivity index (χ4n) is 1.14. The van der Waals surface area contributed by atoms with Crippen LogP contribution in [-0.4, -0.2) is 49.4 Å². The molecule has 0 bridgehead atoms. The number of hydroxylamine groups is 1. The number of carbonyl (C=O) groups is 4. The summed E-state index contributed by atoms with van der Waals surface area (Å²) in [5.74, 6) is -1.39. The van der Waals surface area contributed by atoms with Gasteiger partial charge in [-0.1, -0.05) is 0 Å². The molecule has 0 aromatic heterocycles. The number of carbonyl (C=O) groups excluding carboxylic acids is 4. The second-order valence-electron chi connectivity index (χ2n) is 5.24. The maximum Gasteiger partial charge on any atom is 0.407 e. The molecule has 3 N–H and O–H groups in total. The summed E-state index contributed by atoms with van der Waals surface area (Å²) in [6.45, 7) is 6.59. The van der Waals surface area contributed by atoms with Crippen LogP contribution in [0.5, 0.6) is 0 Å². The molecule has 0 atom stereocenters. The van der Waals surface area contributed by atoms with Crippen LogP contribution in [0.1, 0.15) is 34.1 Å². The Morgan fingerprint density at radius 3 is 2.22 bits per heavy atom. The summed E-state index contributed by atoms with van der Waals surface area (Å²) in [5.41, 5.74) is 1.17. The molecule has 0 unspecified atom stereocenters. The molecule has 0 spiro atoms. The van der Waals surface area contributed by atoms with E-state index in [1.165, 1.54) is 0 Å². The average Bonchev–Trinajstić information content (AvgIpc) is 2.41. The highest BCUT2D eigenvalue weighted by Crippen LogP contribution is 2.06. The van der Waals surface area contributed by atoms with E-state index in [2.05, 4.69) is 20.2 Å². The molecule has 0 aliphatic heterocycles. The highest BCUT2D eigenvalue weighted by Gasteiger charge is 2.16. The van der Waals surface area contributed by atoms with Crippen LogP contribution in [0.2, 0.25) is 0 Å². The molecule has 0 rings (SSSR count). The summed E-state index contributed by atoms with van der Waals surface area (Å²) in [4.78, 5) is 49.2. The number of hydrogen-bond donors (Lipinski definition) is 3. The minimum atomic E-state index is -0.869. The molecule has 0 fully saturated rings. The summed E-state index contributed by atoms with van der Waals surface area (Å²) in [6.07, 6.45) is -0.831. The predicted molar refractivity (Wildman–Crippen MR) is 78.1 cm³/mol. The second-order valence-corrected chi connectivity index (χ2v) is 5.24. The van der Waals surface area contributed by atoms with Gasteiger partial charge in [-0.25, -0.2) is 14.4 Å². The standard InChI is InChI=1S/C13H23N3O7/c1-5-21-10(18)8-15-11(19)16-23-9(17)6-7-14-12(20)22-13(2,3)4/h5-8H2,1-4H3,(H,14,20)(H2,15,16,19). The summed E-state index contributed by atoms with van der Waals surface area (Å²) < 4.78 is 9.55. The first-order chi connectivity index (χ1) is 10.6. The number of ether oxygens (including phenoxy) is 2. The first kappa shape index (κ1) is 20.5. The van der Waals surface area contributed by atoms with Gasteiger partial charge >= 0.3 is 24.1 Å². The molecule has 0 heterocycles. The molecule has 3 amide bonds. The van der Waals surface area contributed by atoms with Gasteiger partial charge in [-0.2, -0.15) is 5.48 Å². The van der Waals surface area contributed by atoms with Crippen LogP contribution in [0.4, 0.5) is 9.59 Å². The van der Waals surface area contributed by atoms with Crippen LogP contribution in [0, 0.1) is 0 Å². The lowest BCUT2D eigenvalue weighted by molar-refractivity contribution is -0.148. The van der Waals surface area contributed by atoms with E-state index in [0.29, 0.717) is 0 Å². The first-order valence-corrected chi connectivity index (χ1v) is 7.00. The first-order valence-electron chi connectivity index (χ1n) is 7.00. The van der Waals surface area contributed by atoms with Gasteiger partial charge in [0, 0.05) is 6.54 Å². The molecule has 10 nitrogen and oxygen atoms in total. The molecule has 0 saturated heterocycles. The minimum Gasteiger partial charge on any atom is -0.465 e. The molecule has 0 aliphatic rings. The molecule has 0 saturated carbocycles. The van der Waals surface area contributed by atoms with Crippen molar-refractivity contribution in [1.82, 2.24) is 16.1 Å². The fraction of sp³-hybridized carbons (Fsp3) is 0.692. The molecule has 132 valence electrons. The van der Waals surface area contributed by atoms with Crippen molar-refractivity contribution in [1.29, 1.82) is 0 Å². The number of urea groups is 1. The Bertz CT molecular complexity index is 432. The summed E-state index contributed by atoms with van der Waals surface area (Å²) in [5, 5.41) is 4.49. The quantitative estimate of drug-likeness (QED) is 0.360. The zero-order chi connectivity index (χ0) is 17.9. The molecule has 0 aromatic carbocycles. The Morgan fingerprint density at radius 1 is 1.00 bits per heavy atom. The van der Waals surface area contributed by atoms with Gasteiger partial charge in [-0.05, 0) is 27.7 Å². The van der Waals surface area contributed by atoms with Gasteiger partial charge in [0.25, 0.3) is 0 Å². The van der Waals surface area contributed by atoms with Crippen molar-refractivity contribution in [2.75, 3.05) is 19.7 Å². The Morgan fingerprint density at radius 2 is 1.65 bits per heavy atom. The van der Waals surface area contributed by atoms with Gasteiger partial charge in [-0.15, -0.1) is 0 Å². The number of esters is 1. The van der Waals surface area contributed by atoms with Gasteiger partial charge in [0.15, 0.2) is 0 Å². The van der Waals surface area contributed by atoms with Crippen LogP contribution in [0.15, 0.2) is 0 Å². The van der Waals surface area contributed by atoms with Gasteiger partial charge in [0.2, 0.25) is 0 Å². The SMILES string of the molecule is CCOC(=O)CNC(=O)NOC(=O)CCNC(=O)OC(C)(C)C. The zero-order valence-electron chi connectivity index (χ0n) is 13.7. The number of nitrogens with one attached hydrogen (secondary N) is 3. The van der Waals surface area contributed by atoms with Crippen LogP contribution in [0.25, 0.3) is 0 Å². The van der Waals surface area contributed by atoms with Crippen molar-refractivity contribution in [3.05, 3.63) is 0 Å². The van der Waals surface area contributed by atoms with Crippen molar-refractivity contribution in [3.63, 3.8) is 0 Å². The third kappa shape index (κ3) is 12.9. The summed E-state index contributed by atoms with van der Waals surface area (Å²) in [7, 11) is 0. The lowest BCUT2D eigenvalue weighted by atomic mass is 10.2. The smallest absolute Gasteiger partial charge is 0.407 e. The number of hydrogen-bond acceptors (Lipinski definition) is 7. The lowest BCUT2D eigenvalue weighted by Crippen LogP contribution is -2.40. The average molecular weight is 333 g/mol. The fourth-order valence-corrected chi connectivity index (χ4v) is 1.14. The monoisotopic (exact) mass is 333 g/mol. The maximum atomic E-state index is 11.3. The van der Waals surface area contributed by atoms with Crippen LogP contribution in [-0.2, 0) is 23.9 Å². The lowest BCUT2D eigenvalue weighted by Gasteiger charge is -2.19. The van der Waals surface area contributed by atoms with Crippen LogP contribution in [0.3, 0.4) is 0 Å². The van der Waals surface area contributed by atoms with Crippen molar-refractivity contribution in [3.8, 4) is 0 Å². The zero-order valence-corrected chi connectivity index (χ0v) is 13.7. The van der Waals surface area contributed by atoms with Crippen molar-refractivity contribution in [2.24, 2.45) is 0 Å². The van der Waals surface area contributed by atoms with Gasteiger partial charge in [0.05, 0.1) is 13.0 Å². The van der Waals surface area contributed by atoms with Gasteiger partial charge in [-0.3, -0.25) is 4.79 Å².